The first-order valence-corrected chi connectivity index (χ1v) is 9.70. The third-order valence-corrected chi connectivity index (χ3v) is 6.15. The quantitative estimate of drug-likeness (QED) is 0.690. The van der Waals surface area contributed by atoms with E-state index in [0.717, 1.165) is 12.1 Å². The summed E-state index contributed by atoms with van der Waals surface area (Å²) in [6, 6.07) is 4.57. The predicted molar refractivity (Wildman–Crippen MR) is 98.1 cm³/mol. The van der Waals surface area contributed by atoms with Crippen molar-refractivity contribution in [3.63, 3.8) is 0 Å². The van der Waals surface area contributed by atoms with Gasteiger partial charge in [-0.1, -0.05) is 0 Å². The largest absolute Gasteiger partial charge is 0.383 e. The minimum absolute atomic E-state index is 0.0211. The van der Waals surface area contributed by atoms with Crippen molar-refractivity contribution < 1.29 is 27.1 Å². The zero-order chi connectivity index (χ0) is 20.2. The zero-order valence-corrected chi connectivity index (χ0v) is 16.5. The number of hydrogen-bond acceptors (Lipinski definition) is 5. The summed E-state index contributed by atoms with van der Waals surface area (Å²) in [6.07, 6.45) is 0. The molecule has 0 spiro atoms. The molecule has 7 nitrogen and oxygen atoms in total. The highest BCUT2D eigenvalue weighted by Crippen LogP contribution is 2.35. The van der Waals surface area contributed by atoms with E-state index < -0.39 is 21.6 Å². The fraction of sp³-hybridized carbons (Fsp3) is 0.389. The summed E-state index contributed by atoms with van der Waals surface area (Å²) in [7, 11) is -1.08. The monoisotopic (exact) mass is 398 g/mol. The van der Waals surface area contributed by atoms with Crippen LogP contribution in [-0.4, -0.2) is 46.3 Å². The summed E-state index contributed by atoms with van der Waals surface area (Å²) in [5.41, 5.74) is 1.18. The van der Waals surface area contributed by atoms with Gasteiger partial charge in [0.2, 0.25) is 9.84 Å². The molecule has 0 unspecified atom stereocenters. The van der Waals surface area contributed by atoms with E-state index in [9.17, 15) is 17.6 Å². The Kier molecular flexibility index (Phi) is 6.74. The van der Waals surface area contributed by atoms with E-state index in [2.05, 4.69) is 5.32 Å². The van der Waals surface area contributed by atoms with Crippen LogP contribution in [0, 0.1) is 19.7 Å². The van der Waals surface area contributed by atoms with E-state index in [1.54, 1.807) is 18.4 Å². The number of methoxy groups -OCH3 is 2. The van der Waals surface area contributed by atoms with Crippen molar-refractivity contribution >= 4 is 21.6 Å². The minimum Gasteiger partial charge on any atom is -0.383 e. The van der Waals surface area contributed by atoms with E-state index in [1.807, 2.05) is 0 Å². The van der Waals surface area contributed by atoms with Gasteiger partial charge in [0.15, 0.2) is 0 Å². The van der Waals surface area contributed by atoms with E-state index in [-0.39, 0.29) is 22.2 Å². The zero-order valence-electron chi connectivity index (χ0n) is 15.7. The maximum atomic E-state index is 13.2. The number of rotatable bonds is 8. The molecule has 0 saturated heterocycles. The molecule has 148 valence electrons. The van der Waals surface area contributed by atoms with Crippen molar-refractivity contribution in [2.75, 3.05) is 32.8 Å². The van der Waals surface area contributed by atoms with E-state index >= 15 is 0 Å². The molecule has 2 rings (SSSR count). The molecule has 1 N–H and O–H groups in total. The van der Waals surface area contributed by atoms with Crippen LogP contribution in [0.4, 0.5) is 10.2 Å². The van der Waals surface area contributed by atoms with Crippen molar-refractivity contribution in [1.82, 2.24) is 4.57 Å². The van der Waals surface area contributed by atoms with Crippen LogP contribution in [0.5, 0.6) is 0 Å². The van der Waals surface area contributed by atoms with Gasteiger partial charge in [-0.15, -0.1) is 0 Å². The predicted octanol–water partition coefficient (Wildman–Crippen LogP) is 2.31. The highest BCUT2D eigenvalue weighted by molar-refractivity contribution is 7.91. The SMILES string of the molecule is COCCn1c(C)c(C)c(S(=O)(=O)c2ccc(F)cc2)c1NC(=O)COC. The molecule has 0 aliphatic heterocycles. The summed E-state index contributed by atoms with van der Waals surface area (Å²) in [5.74, 6) is -0.870. The Morgan fingerprint density at radius 3 is 2.33 bits per heavy atom. The summed E-state index contributed by atoms with van der Waals surface area (Å²) in [6.45, 7) is 3.90. The van der Waals surface area contributed by atoms with Crippen molar-refractivity contribution in [3.05, 3.63) is 41.3 Å². The Morgan fingerprint density at radius 2 is 1.78 bits per heavy atom. The fourth-order valence-electron chi connectivity index (χ4n) is 2.78. The fourth-order valence-corrected chi connectivity index (χ4v) is 4.48. The number of ether oxygens (including phenoxy) is 2. The number of sulfone groups is 1. The van der Waals surface area contributed by atoms with Gasteiger partial charge in [0.05, 0.1) is 11.5 Å². The molecule has 9 heteroatoms. The average Bonchev–Trinajstić information content (AvgIpc) is 2.84. The highest BCUT2D eigenvalue weighted by Gasteiger charge is 2.30. The van der Waals surface area contributed by atoms with Gasteiger partial charge in [0.1, 0.15) is 23.1 Å². The third-order valence-electron chi connectivity index (χ3n) is 4.22. The summed E-state index contributed by atoms with van der Waals surface area (Å²) >= 11 is 0. The van der Waals surface area contributed by atoms with Gasteiger partial charge in [-0.3, -0.25) is 4.79 Å². The number of amides is 1. The minimum atomic E-state index is -3.99. The Labute approximate surface area is 158 Å². The van der Waals surface area contributed by atoms with Crippen LogP contribution in [0.15, 0.2) is 34.1 Å². The van der Waals surface area contributed by atoms with Crippen LogP contribution in [0.2, 0.25) is 0 Å². The Morgan fingerprint density at radius 1 is 1.15 bits per heavy atom. The van der Waals surface area contributed by atoms with Crippen LogP contribution in [-0.2, 0) is 30.7 Å². The normalized spacial score (nSPS) is 11.6. The second-order valence-electron chi connectivity index (χ2n) is 5.97. The van der Waals surface area contributed by atoms with E-state index in [0.29, 0.717) is 24.4 Å². The van der Waals surface area contributed by atoms with Gasteiger partial charge >= 0.3 is 0 Å². The number of halogens is 1. The average molecular weight is 398 g/mol. The molecule has 0 fully saturated rings. The molecule has 0 atom stereocenters. The first kappa shape index (κ1) is 21.1. The van der Waals surface area contributed by atoms with E-state index in [1.165, 1.54) is 26.4 Å². The molecule has 1 aromatic heterocycles. The molecule has 0 radical (unpaired) electrons. The third kappa shape index (κ3) is 4.37. The molecule has 1 heterocycles. The molecular weight excluding hydrogens is 375 g/mol. The van der Waals surface area contributed by atoms with Gasteiger partial charge < -0.3 is 19.4 Å². The lowest BCUT2D eigenvalue weighted by molar-refractivity contribution is -0.119. The number of hydrogen-bond donors (Lipinski definition) is 1. The maximum absolute atomic E-state index is 13.2. The summed E-state index contributed by atoms with van der Waals surface area (Å²) in [4.78, 5) is 12.0. The maximum Gasteiger partial charge on any atom is 0.251 e. The van der Waals surface area contributed by atoms with Crippen molar-refractivity contribution in [1.29, 1.82) is 0 Å². The first-order valence-electron chi connectivity index (χ1n) is 8.22. The Balaban J connectivity index is 2.66. The van der Waals surface area contributed by atoms with Crippen molar-refractivity contribution in [2.45, 2.75) is 30.2 Å². The molecular formula is C18H23FN2O5S. The smallest absolute Gasteiger partial charge is 0.251 e. The van der Waals surface area contributed by atoms with Crippen LogP contribution < -0.4 is 5.32 Å². The number of benzene rings is 1. The van der Waals surface area contributed by atoms with Gasteiger partial charge in [-0.2, -0.15) is 0 Å². The highest BCUT2D eigenvalue weighted by atomic mass is 32.2. The van der Waals surface area contributed by atoms with E-state index in [4.69, 9.17) is 9.47 Å². The van der Waals surface area contributed by atoms with Gasteiger partial charge in [0, 0.05) is 26.5 Å². The molecule has 1 amide bonds. The second kappa shape index (κ2) is 8.64. The number of carbonyl (C=O) groups excluding carboxylic acids is 1. The Bertz CT molecular complexity index is 920. The number of nitrogens with zero attached hydrogens (tertiary/aromatic N) is 1. The number of nitrogens with one attached hydrogen (secondary N) is 1. The molecule has 1 aromatic carbocycles. The van der Waals surface area contributed by atoms with Crippen LogP contribution in [0.25, 0.3) is 0 Å². The van der Waals surface area contributed by atoms with Crippen LogP contribution >= 0.6 is 0 Å². The molecule has 0 aliphatic carbocycles. The molecule has 0 bridgehead atoms. The van der Waals surface area contributed by atoms with Crippen molar-refractivity contribution in [2.24, 2.45) is 0 Å². The lowest BCUT2D eigenvalue weighted by Gasteiger charge is -2.14. The first-order chi connectivity index (χ1) is 12.7. The lowest BCUT2D eigenvalue weighted by Crippen LogP contribution is -2.22. The number of aromatic nitrogens is 1. The topological polar surface area (TPSA) is 86.6 Å². The van der Waals surface area contributed by atoms with Gasteiger partial charge in [0.25, 0.3) is 5.91 Å². The standard InChI is InChI=1S/C18H23FN2O5S/c1-12-13(2)21(9-10-25-3)18(20-16(22)11-26-4)17(12)27(23,24)15-7-5-14(19)6-8-15/h5-8H,9-11H2,1-4H3,(H,20,22). The van der Waals surface area contributed by atoms with Crippen LogP contribution in [0.3, 0.4) is 0 Å². The van der Waals surface area contributed by atoms with Gasteiger partial charge in [-0.05, 0) is 43.7 Å². The molecule has 27 heavy (non-hydrogen) atoms. The molecule has 0 aliphatic rings. The van der Waals surface area contributed by atoms with Crippen LogP contribution in [0.1, 0.15) is 11.3 Å². The number of anilines is 1. The van der Waals surface area contributed by atoms with Crippen molar-refractivity contribution in [3.8, 4) is 0 Å². The summed E-state index contributed by atoms with van der Waals surface area (Å²) in [5, 5.41) is 2.63. The summed E-state index contributed by atoms with van der Waals surface area (Å²) < 4.78 is 51.2. The lowest BCUT2D eigenvalue weighted by atomic mass is 10.3. The molecule has 2 aromatic rings. The number of carbonyl (C=O) groups is 1. The Hall–Kier alpha value is -2.23. The second-order valence-corrected chi connectivity index (χ2v) is 7.86. The molecule has 0 saturated carbocycles. The van der Waals surface area contributed by atoms with Gasteiger partial charge in [-0.25, -0.2) is 12.8 Å².